The fourth-order valence-electron chi connectivity index (χ4n) is 3.62. The van der Waals surface area contributed by atoms with Crippen LogP contribution in [0.15, 0.2) is 4.52 Å². The van der Waals surface area contributed by atoms with Crippen LogP contribution >= 0.6 is 0 Å². The molecule has 0 spiro atoms. The van der Waals surface area contributed by atoms with Crippen LogP contribution in [0.4, 0.5) is 0 Å². The number of aliphatic hydroxyl groups is 1. The lowest BCUT2D eigenvalue weighted by Gasteiger charge is -2.25. The maximum atomic E-state index is 9.90. The average Bonchev–Trinajstić information content (AvgIpc) is 3.07. The zero-order chi connectivity index (χ0) is 13.2. The molecular weight excluding hydrogens is 240 g/mol. The molecule has 106 valence electrons. The zero-order valence-electron chi connectivity index (χ0n) is 11.7. The Morgan fingerprint density at radius 1 is 1.16 bits per heavy atom. The highest BCUT2D eigenvalue weighted by molar-refractivity contribution is 5.04. The van der Waals surface area contributed by atoms with Crippen molar-refractivity contribution in [3.63, 3.8) is 0 Å². The number of aliphatic hydroxyl groups excluding tert-OH is 1. The Hall–Kier alpha value is -0.900. The van der Waals surface area contributed by atoms with E-state index in [9.17, 15) is 5.11 Å². The molecule has 2 saturated carbocycles. The highest BCUT2D eigenvalue weighted by Crippen LogP contribution is 2.38. The average molecular weight is 264 g/mol. The van der Waals surface area contributed by atoms with Crippen LogP contribution < -0.4 is 0 Å². The normalized spacial score (nSPS) is 35.7. The maximum Gasteiger partial charge on any atom is 0.232 e. The number of nitrogens with zero attached hydrogens (tertiary/aromatic N) is 2. The lowest BCUT2D eigenvalue weighted by atomic mass is 9.80. The van der Waals surface area contributed by atoms with Gasteiger partial charge in [-0.1, -0.05) is 18.5 Å². The summed E-state index contributed by atoms with van der Waals surface area (Å²) in [5, 5.41) is 14.1. The van der Waals surface area contributed by atoms with E-state index in [1.807, 2.05) is 0 Å². The monoisotopic (exact) mass is 264 g/mol. The van der Waals surface area contributed by atoms with E-state index in [0.29, 0.717) is 11.8 Å². The van der Waals surface area contributed by atoms with Gasteiger partial charge in [0.1, 0.15) is 0 Å². The van der Waals surface area contributed by atoms with E-state index in [4.69, 9.17) is 4.52 Å². The van der Waals surface area contributed by atoms with Crippen LogP contribution in [0.3, 0.4) is 0 Å². The van der Waals surface area contributed by atoms with Crippen LogP contribution in [0.25, 0.3) is 0 Å². The molecule has 1 N–H and O–H groups in total. The standard InChI is InChI=1S/C15H24N2O2/c1-2-10-6-8-11(9-7-10)14-16-15(19-17-14)12-4-3-5-13(12)18/h10-13,18H,2-9H2,1H3. The molecule has 0 aliphatic heterocycles. The molecule has 1 aromatic rings. The van der Waals surface area contributed by atoms with Crippen LogP contribution in [0, 0.1) is 5.92 Å². The summed E-state index contributed by atoms with van der Waals surface area (Å²) < 4.78 is 5.40. The van der Waals surface area contributed by atoms with Crippen LogP contribution in [0.1, 0.15) is 81.8 Å². The molecule has 2 fully saturated rings. The van der Waals surface area contributed by atoms with Crippen LogP contribution in [0.2, 0.25) is 0 Å². The first kappa shape index (κ1) is 13.1. The molecule has 0 amide bonds. The van der Waals surface area contributed by atoms with Crippen LogP contribution in [-0.4, -0.2) is 21.4 Å². The van der Waals surface area contributed by atoms with Gasteiger partial charge >= 0.3 is 0 Å². The first-order chi connectivity index (χ1) is 9.28. The fraction of sp³-hybridized carbons (Fsp3) is 0.867. The molecule has 0 saturated heterocycles. The molecule has 0 radical (unpaired) electrons. The molecule has 2 atom stereocenters. The van der Waals surface area contributed by atoms with Crippen molar-refractivity contribution in [1.29, 1.82) is 0 Å². The Labute approximate surface area is 114 Å². The summed E-state index contributed by atoms with van der Waals surface area (Å²) in [4.78, 5) is 4.58. The first-order valence-electron chi connectivity index (χ1n) is 7.79. The molecule has 2 unspecified atom stereocenters. The van der Waals surface area contributed by atoms with Gasteiger partial charge in [0, 0.05) is 5.92 Å². The smallest absolute Gasteiger partial charge is 0.232 e. The predicted molar refractivity (Wildman–Crippen MR) is 71.9 cm³/mol. The summed E-state index contributed by atoms with van der Waals surface area (Å²) in [6.07, 6.45) is 8.85. The molecule has 4 nitrogen and oxygen atoms in total. The van der Waals surface area contributed by atoms with E-state index in [2.05, 4.69) is 17.1 Å². The summed E-state index contributed by atoms with van der Waals surface area (Å²) in [6.45, 7) is 2.28. The van der Waals surface area contributed by atoms with Crippen LogP contribution in [-0.2, 0) is 0 Å². The predicted octanol–water partition coefficient (Wildman–Crippen LogP) is 3.38. The van der Waals surface area contributed by atoms with Crippen molar-refractivity contribution in [2.24, 2.45) is 5.92 Å². The third-order valence-corrected chi connectivity index (χ3v) is 5.04. The molecule has 0 aromatic carbocycles. The van der Waals surface area contributed by atoms with Crippen molar-refractivity contribution in [2.75, 3.05) is 0 Å². The van der Waals surface area contributed by atoms with Crippen molar-refractivity contribution in [3.05, 3.63) is 11.7 Å². The summed E-state index contributed by atoms with van der Waals surface area (Å²) >= 11 is 0. The Bertz CT molecular complexity index is 410. The Kier molecular flexibility index (Phi) is 3.87. The fourth-order valence-corrected chi connectivity index (χ4v) is 3.62. The van der Waals surface area contributed by atoms with E-state index >= 15 is 0 Å². The molecule has 2 aliphatic rings. The molecule has 2 aliphatic carbocycles. The lowest BCUT2D eigenvalue weighted by Crippen LogP contribution is -2.14. The van der Waals surface area contributed by atoms with E-state index in [1.165, 1.54) is 32.1 Å². The third-order valence-electron chi connectivity index (χ3n) is 5.04. The second kappa shape index (κ2) is 5.61. The summed E-state index contributed by atoms with van der Waals surface area (Å²) in [5.74, 6) is 2.98. The molecular formula is C15H24N2O2. The Balaban J connectivity index is 1.65. The SMILES string of the molecule is CCC1CCC(c2noc(C3CCCC3O)n2)CC1. The van der Waals surface area contributed by atoms with Gasteiger partial charge in [-0.3, -0.25) is 0 Å². The van der Waals surface area contributed by atoms with E-state index < -0.39 is 0 Å². The van der Waals surface area contributed by atoms with E-state index in [0.717, 1.165) is 31.0 Å². The van der Waals surface area contributed by atoms with Gasteiger partial charge in [0.25, 0.3) is 0 Å². The number of aromatic nitrogens is 2. The second-order valence-corrected chi connectivity index (χ2v) is 6.22. The summed E-state index contributed by atoms with van der Waals surface area (Å²) in [7, 11) is 0. The highest BCUT2D eigenvalue weighted by atomic mass is 16.5. The van der Waals surface area contributed by atoms with Crippen molar-refractivity contribution < 1.29 is 9.63 Å². The van der Waals surface area contributed by atoms with Gasteiger partial charge in [0.05, 0.1) is 12.0 Å². The Morgan fingerprint density at radius 3 is 2.58 bits per heavy atom. The van der Waals surface area contributed by atoms with Crippen molar-refractivity contribution in [1.82, 2.24) is 10.1 Å². The van der Waals surface area contributed by atoms with Gasteiger partial charge in [-0.25, -0.2) is 0 Å². The summed E-state index contributed by atoms with van der Waals surface area (Å²) in [5.41, 5.74) is 0. The van der Waals surface area contributed by atoms with Crippen molar-refractivity contribution in [2.45, 2.75) is 76.2 Å². The number of rotatable bonds is 3. The number of hydrogen-bond donors (Lipinski definition) is 1. The molecule has 0 bridgehead atoms. The molecule has 1 aromatic heterocycles. The van der Waals surface area contributed by atoms with E-state index in [-0.39, 0.29) is 12.0 Å². The van der Waals surface area contributed by atoms with Gasteiger partial charge in [-0.05, 0) is 50.9 Å². The second-order valence-electron chi connectivity index (χ2n) is 6.22. The first-order valence-corrected chi connectivity index (χ1v) is 7.79. The molecule has 1 heterocycles. The molecule has 4 heteroatoms. The largest absolute Gasteiger partial charge is 0.392 e. The Morgan fingerprint density at radius 2 is 1.95 bits per heavy atom. The quantitative estimate of drug-likeness (QED) is 0.909. The minimum absolute atomic E-state index is 0.0771. The topological polar surface area (TPSA) is 59.2 Å². The minimum atomic E-state index is -0.288. The van der Waals surface area contributed by atoms with Crippen LogP contribution in [0.5, 0.6) is 0 Å². The van der Waals surface area contributed by atoms with Gasteiger partial charge in [-0.2, -0.15) is 4.98 Å². The molecule has 19 heavy (non-hydrogen) atoms. The molecule has 3 rings (SSSR count). The van der Waals surface area contributed by atoms with Crippen molar-refractivity contribution in [3.8, 4) is 0 Å². The highest BCUT2D eigenvalue weighted by Gasteiger charge is 2.33. The van der Waals surface area contributed by atoms with Gasteiger partial charge in [0.2, 0.25) is 5.89 Å². The summed E-state index contributed by atoms with van der Waals surface area (Å²) in [6, 6.07) is 0. The maximum absolute atomic E-state index is 9.90. The third kappa shape index (κ3) is 2.69. The van der Waals surface area contributed by atoms with Crippen molar-refractivity contribution >= 4 is 0 Å². The van der Waals surface area contributed by atoms with Gasteiger partial charge in [0.15, 0.2) is 5.82 Å². The lowest BCUT2D eigenvalue weighted by molar-refractivity contribution is 0.148. The number of hydrogen-bond acceptors (Lipinski definition) is 4. The zero-order valence-corrected chi connectivity index (χ0v) is 11.7. The van der Waals surface area contributed by atoms with E-state index in [1.54, 1.807) is 0 Å². The van der Waals surface area contributed by atoms with Gasteiger partial charge < -0.3 is 9.63 Å². The van der Waals surface area contributed by atoms with Gasteiger partial charge in [-0.15, -0.1) is 0 Å². The minimum Gasteiger partial charge on any atom is -0.392 e.